The summed E-state index contributed by atoms with van der Waals surface area (Å²) in [7, 11) is 0. The summed E-state index contributed by atoms with van der Waals surface area (Å²) in [4.78, 5) is 11.9. The van der Waals surface area contributed by atoms with Crippen LogP contribution in [0.1, 0.15) is 17.3 Å². The molecule has 0 aromatic heterocycles. The molecule has 0 saturated heterocycles. The third kappa shape index (κ3) is 3.42. The highest BCUT2D eigenvalue weighted by Gasteiger charge is 2.13. The van der Waals surface area contributed by atoms with Crippen LogP contribution in [0.15, 0.2) is 42.5 Å². The molecule has 0 fully saturated rings. The van der Waals surface area contributed by atoms with E-state index in [1.54, 1.807) is 37.3 Å². The van der Waals surface area contributed by atoms with E-state index in [9.17, 15) is 4.79 Å². The van der Waals surface area contributed by atoms with Crippen molar-refractivity contribution >= 4 is 34.6 Å². The van der Waals surface area contributed by atoms with Crippen LogP contribution in [0.5, 0.6) is 0 Å². The lowest BCUT2D eigenvalue weighted by molar-refractivity contribution is 0.0527. The number of rotatable bonds is 4. The molecule has 3 N–H and O–H groups in total. The van der Waals surface area contributed by atoms with Crippen molar-refractivity contribution in [3.05, 3.63) is 53.1 Å². The quantitative estimate of drug-likeness (QED) is 0.663. The summed E-state index contributed by atoms with van der Waals surface area (Å²) in [6.45, 7) is 2.07. The minimum Gasteiger partial charge on any atom is -0.462 e. The summed E-state index contributed by atoms with van der Waals surface area (Å²) in [6.07, 6.45) is 0. The summed E-state index contributed by atoms with van der Waals surface area (Å²) in [5, 5.41) is 3.80. The standard InChI is InChI=1S/C15H15ClN2O2/c1-2-20-15(19)13-9-11(17)5-8-14(13)18-12-6-3-10(16)4-7-12/h3-9,18H,2,17H2,1H3. The summed E-state index contributed by atoms with van der Waals surface area (Å²) < 4.78 is 5.02. The van der Waals surface area contributed by atoms with Gasteiger partial charge in [0.05, 0.1) is 17.9 Å². The van der Waals surface area contributed by atoms with Crippen LogP contribution in [-0.2, 0) is 4.74 Å². The fourth-order valence-electron chi connectivity index (χ4n) is 1.74. The smallest absolute Gasteiger partial charge is 0.340 e. The Kier molecular flexibility index (Phi) is 4.48. The number of esters is 1. The van der Waals surface area contributed by atoms with Gasteiger partial charge in [0.2, 0.25) is 0 Å². The van der Waals surface area contributed by atoms with Crippen molar-refractivity contribution in [3.63, 3.8) is 0 Å². The Balaban J connectivity index is 2.31. The Labute approximate surface area is 122 Å². The van der Waals surface area contributed by atoms with E-state index in [4.69, 9.17) is 22.1 Å². The lowest BCUT2D eigenvalue weighted by Crippen LogP contribution is -2.08. The summed E-state index contributed by atoms with van der Waals surface area (Å²) in [5.41, 5.74) is 8.10. The number of carbonyl (C=O) groups is 1. The first-order valence-corrected chi connectivity index (χ1v) is 6.57. The Morgan fingerprint density at radius 3 is 2.60 bits per heavy atom. The van der Waals surface area contributed by atoms with E-state index in [2.05, 4.69) is 5.32 Å². The van der Waals surface area contributed by atoms with Gasteiger partial charge in [-0.2, -0.15) is 0 Å². The lowest BCUT2D eigenvalue weighted by Gasteiger charge is -2.12. The molecule has 2 aromatic rings. The van der Waals surface area contributed by atoms with Gasteiger partial charge in [-0.3, -0.25) is 0 Å². The summed E-state index contributed by atoms with van der Waals surface area (Å²) in [6, 6.07) is 12.3. The number of ether oxygens (including phenoxy) is 1. The molecule has 20 heavy (non-hydrogen) atoms. The molecule has 104 valence electrons. The van der Waals surface area contributed by atoms with Crippen LogP contribution in [0.2, 0.25) is 5.02 Å². The second-order valence-electron chi connectivity index (χ2n) is 4.16. The molecule has 0 heterocycles. The molecule has 0 amide bonds. The van der Waals surface area contributed by atoms with Gasteiger partial charge in [-0.1, -0.05) is 11.6 Å². The van der Waals surface area contributed by atoms with E-state index in [0.717, 1.165) is 5.69 Å². The Morgan fingerprint density at radius 1 is 1.25 bits per heavy atom. The van der Waals surface area contributed by atoms with Gasteiger partial charge in [0.1, 0.15) is 0 Å². The normalized spacial score (nSPS) is 10.1. The molecule has 2 aromatic carbocycles. The highest BCUT2D eigenvalue weighted by molar-refractivity contribution is 6.30. The molecule has 0 bridgehead atoms. The number of nitrogens with two attached hydrogens (primary N) is 1. The molecular formula is C15H15ClN2O2. The van der Waals surface area contributed by atoms with Crippen LogP contribution >= 0.6 is 11.6 Å². The molecule has 0 atom stereocenters. The van der Waals surface area contributed by atoms with Crippen molar-refractivity contribution in [2.75, 3.05) is 17.7 Å². The minimum absolute atomic E-state index is 0.314. The molecular weight excluding hydrogens is 276 g/mol. The zero-order chi connectivity index (χ0) is 14.5. The highest BCUT2D eigenvalue weighted by Crippen LogP contribution is 2.25. The number of nitrogens with one attached hydrogen (secondary N) is 1. The van der Waals surface area contributed by atoms with E-state index >= 15 is 0 Å². The molecule has 4 nitrogen and oxygen atoms in total. The fraction of sp³-hybridized carbons (Fsp3) is 0.133. The second kappa shape index (κ2) is 6.30. The van der Waals surface area contributed by atoms with Gasteiger partial charge in [-0.25, -0.2) is 4.79 Å². The van der Waals surface area contributed by atoms with Gasteiger partial charge in [0, 0.05) is 16.4 Å². The number of hydrogen-bond acceptors (Lipinski definition) is 4. The maximum Gasteiger partial charge on any atom is 0.340 e. The minimum atomic E-state index is -0.406. The van der Waals surface area contributed by atoms with Crippen LogP contribution in [0.25, 0.3) is 0 Å². The van der Waals surface area contributed by atoms with Crippen LogP contribution in [0.3, 0.4) is 0 Å². The van der Waals surface area contributed by atoms with Crippen molar-refractivity contribution in [3.8, 4) is 0 Å². The van der Waals surface area contributed by atoms with Crippen LogP contribution in [0, 0.1) is 0 Å². The van der Waals surface area contributed by atoms with Crippen molar-refractivity contribution in [1.82, 2.24) is 0 Å². The monoisotopic (exact) mass is 290 g/mol. The van der Waals surface area contributed by atoms with E-state index in [1.165, 1.54) is 0 Å². The van der Waals surface area contributed by atoms with E-state index in [0.29, 0.717) is 28.6 Å². The average Bonchev–Trinajstić information content (AvgIpc) is 2.43. The van der Waals surface area contributed by atoms with Crippen LogP contribution in [-0.4, -0.2) is 12.6 Å². The maximum atomic E-state index is 11.9. The van der Waals surface area contributed by atoms with Gasteiger partial charge in [-0.15, -0.1) is 0 Å². The average molecular weight is 291 g/mol. The predicted octanol–water partition coefficient (Wildman–Crippen LogP) is 3.84. The largest absolute Gasteiger partial charge is 0.462 e. The molecule has 0 aliphatic carbocycles. The molecule has 5 heteroatoms. The van der Waals surface area contributed by atoms with Crippen molar-refractivity contribution in [2.24, 2.45) is 0 Å². The molecule has 0 saturated carbocycles. The molecule has 2 rings (SSSR count). The summed E-state index contributed by atoms with van der Waals surface area (Å²) in [5.74, 6) is -0.406. The van der Waals surface area contributed by atoms with Crippen LogP contribution < -0.4 is 11.1 Å². The van der Waals surface area contributed by atoms with Crippen molar-refractivity contribution in [2.45, 2.75) is 6.92 Å². The second-order valence-corrected chi connectivity index (χ2v) is 4.59. The van der Waals surface area contributed by atoms with Crippen LogP contribution in [0.4, 0.5) is 17.1 Å². The first kappa shape index (κ1) is 14.2. The maximum absolute atomic E-state index is 11.9. The van der Waals surface area contributed by atoms with E-state index < -0.39 is 5.97 Å². The van der Waals surface area contributed by atoms with Gasteiger partial charge in [0.15, 0.2) is 0 Å². The molecule has 0 aliphatic heterocycles. The SMILES string of the molecule is CCOC(=O)c1cc(N)ccc1Nc1ccc(Cl)cc1. The Bertz CT molecular complexity index is 612. The number of hydrogen-bond donors (Lipinski definition) is 2. The first-order chi connectivity index (χ1) is 9.60. The molecule has 0 aliphatic rings. The zero-order valence-electron chi connectivity index (χ0n) is 11.0. The van der Waals surface area contributed by atoms with E-state index in [-0.39, 0.29) is 0 Å². The van der Waals surface area contributed by atoms with Gasteiger partial charge in [-0.05, 0) is 49.4 Å². The van der Waals surface area contributed by atoms with E-state index in [1.807, 2.05) is 12.1 Å². The number of nitrogen functional groups attached to an aromatic ring is 1. The lowest BCUT2D eigenvalue weighted by atomic mass is 10.1. The highest BCUT2D eigenvalue weighted by atomic mass is 35.5. The summed E-state index contributed by atoms with van der Waals surface area (Å²) >= 11 is 5.84. The molecule has 0 radical (unpaired) electrons. The van der Waals surface area contributed by atoms with Crippen molar-refractivity contribution < 1.29 is 9.53 Å². The topological polar surface area (TPSA) is 64.3 Å². The van der Waals surface area contributed by atoms with Crippen molar-refractivity contribution in [1.29, 1.82) is 0 Å². The Hall–Kier alpha value is -2.20. The van der Waals surface area contributed by atoms with Gasteiger partial charge < -0.3 is 15.8 Å². The fourth-order valence-corrected chi connectivity index (χ4v) is 1.86. The van der Waals surface area contributed by atoms with Gasteiger partial charge >= 0.3 is 5.97 Å². The number of anilines is 3. The zero-order valence-corrected chi connectivity index (χ0v) is 11.8. The first-order valence-electron chi connectivity index (χ1n) is 6.19. The molecule has 0 unspecified atom stereocenters. The third-order valence-electron chi connectivity index (χ3n) is 2.66. The number of benzene rings is 2. The predicted molar refractivity (Wildman–Crippen MR) is 81.5 cm³/mol. The molecule has 0 spiro atoms. The number of carbonyl (C=O) groups excluding carboxylic acids is 1. The van der Waals surface area contributed by atoms with Gasteiger partial charge in [0.25, 0.3) is 0 Å². The third-order valence-corrected chi connectivity index (χ3v) is 2.91. The number of halogens is 1. The Morgan fingerprint density at radius 2 is 1.95 bits per heavy atom.